The number of amides is 1. The summed E-state index contributed by atoms with van der Waals surface area (Å²) in [5.41, 5.74) is 1.88. The lowest BCUT2D eigenvalue weighted by Gasteiger charge is -2.24. The molecule has 23 heavy (non-hydrogen) atoms. The Kier molecular flexibility index (Phi) is 3.32. The van der Waals surface area contributed by atoms with Crippen molar-refractivity contribution in [1.29, 1.82) is 0 Å². The maximum absolute atomic E-state index is 12.5. The third-order valence-corrected chi connectivity index (χ3v) is 7.72. The standard InChI is InChI=1S/C17H22N2O3S/c1-13-2-4-14(5-3-13)19-12-17(10-16(19)20)8-9-18(11-17)23(21,22)15-6-7-15/h2-5,15H,6-12H2,1H3/t17-/m0/s1. The average molecular weight is 334 g/mol. The summed E-state index contributed by atoms with van der Waals surface area (Å²) in [7, 11) is -3.13. The van der Waals surface area contributed by atoms with Crippen LogP contribution in [0.25, 0.3) is 0 Å². The fourth-order valence-corrected chi connectivity index (χ4v) is 5.77. The first kappa shape index (κ1) is 15.1. The molecule has 2 aliphatic heterocycles. The highest BCUT2D eigenvalue weighted by Gasteiger charge is 2.52. The molecule has 4 rings (SSSR count). The van der Waals surface area contributed by atoms with Gasteiger partial charge in [0.25, 0.3) is 0 Å². The van der Waals surface area contributed by atoms with E-state index < -0.39 is 10.0 Å². The van der Waals surface area contributed by atoms with E-state index in [4.69, 9.17) is 0 Å². The Morgan fingerprint density at radius 2 is 1.83 bits per heavy atom. The largest absolute Gasteiger partial charge is 0.312 e. The zero-order valence-corrected chi connectivity index (χ0v) is 14.2. The van der Waals surface area contributed by atoms with Crippen LogP contribution in [0.5, 0.6) is 0 Å². The number of rotatable bonds is 3. The number of benzene rings is 1. The summed E-state index contributed by atoms with van der Waals surface area (Å²) in [5.74, 6) is 0.111. The van der Waals surface area contributed by atoms with Crippen molar-refractivity contribution in [2.24, 2.45) is 5.41 Å². The molecule has 0 radical (unpaired) electrons. The van der Waals surface area contributed by atoms with Crippen molar-refractivity contribution in [1.82, 2.24) is 4.31 Å². The lowest BCUT2D eigenvalue weighted by molar-refractivity contribution is -0.117. The zero-order valence-electron chi connectivity index (χ0n) is 13.4. The Morgan fingerprint density at radius 1 is 1.13 bits per heavy atom. The van der Waals surface area contributed by atoms with Crippen LogP contribution in [0.1, 0.15) is 31.2 Å². The van der Waals surface area contributed by atoms with Gasteiger partial charge in [-0.3, -0.25) is 4.79 Å². The molecule has 1 aliphatic carbocycles. The van der Waals surface area contributed by atoms with Gasteiger partial charge in [-0.25, -0.2) is 12.7 Å². The molecule has 2 saturated heterocycles. The van der Waals surface area contributed by atoms with Crippen LogP contribution in [-0.2, 0) is 14.8 Å². The Labute approximate surface area is 137 Å². The van der Waals surface area contributed by atoms with Crippen molar-refractivity contribution in [2.45, 2.75) is 37.9 Å². The van der Waals surface area contributed by atoms with Gasteiger partial charge in [-0.15, -0.1) is 0 Å². The molecule has 1 atom stereocenters. The summed E-state index contributed by atoms with van der Waals surface area (Å²) >= 11 is 0. The molecule has 0 N–H and O–H groups in total. The fraction of sp³-hybridized carbons (Fsp3) is 0.588. The van der Waals surface area contributed by atoms with Gasteiger partial charge in [0.2, 0.25) is 15.9 Å². The molecule has 1 aromatic carbocycles. The number of carbonyl (C=O) groups excluding carboxylic acids is 1. The predicted octanol–water partition coefficient (Wildman–Crippen LogP) is 1.92. The molecule has 1 saturated carbocycles. The van der Waals surface area contributed by atoms with Gasteiger partial charge in [0.05, 0.1) is 5.25 Å². The van der Waals surface area contributed by atoms with Crippen molar-refractivity contribution in [3.8, 4) is 0 Å². The van der Waals surface area contributed by atoms with Crippen LogP contribution in [0.2, 0.25) is 0 Å². The smallest absolute Gasteiger partial charge is 0.227 e. The minimum Gasteiger partial charge on any atom is -0.312 e. The molecule has 1 amide bonds. The highest BCUT2D eigenvalue weighted by molar-refractivity contribution is 7.90. The minimum atomic E-state index is -3.13. The molecule has 5 nitrogen and oxygen atoms in total. The zero-order chi connectivity index (χ0) is 16.2. The van der Waals surface area contributed by atoms with Gasteiger partial charge in [-0.1, -0.05) is 17.7 Å². The summed E-state index contributed by atoms with van der Waals surface area (Å²) in [6, 6.07) is 7.96. The number of nitrogens with zero attached hydrogens (tertiary/aromatic N) is 2. The molecule has 6 heteroatoms. The van der Waals surface area contributed by atoms with Crippen molar-refractivity contribution in [2.75, 3.05) is 24.5 Å². The molecular weight excluding hydrogens is 312 g/mol. The Bertz CT molecular complexity index is 740. The van der Waals surface area contributed by atoms with E-state index in [1.54, 1.807) is 4.31 Å². The Morgan fingerprint density at radius 3 is 2.48 bits per heavy atom. The van der Waals surface area contributed by atoms with Gasteiger partial charge < -0.3 is 4.90 Å². The molecule has 3 aliphatic rings. The SMILES string of the molecule is Cc1ccc(N2C[C@@]3(CCN(S(=O)(=O)C4CC4)C3)CC2=O)cc1. The highest BCUT2D eigenvalue weighted by atomic mass is 32.2. The van der Waals surface area contributed by atoms with E-state index in [1.165, 1.54) is 0 Å². The van der Waals surface area contributed by atoms with Crippen molar-refractivity contribution in [3.05, 3.63) is 29.8 Å². The average Bonchev–Trinajstić information content (AvgIpc) is 3.22. The second kappa shape index (κ2) is 5.05. The van der Waals surface area contributed by atoms with Crippen LogP contribution in [-0.4, -0.2) is 43.5 Å². The minimum absolute atomic E-state index is 0.111. The van der Waals surface area contributed by atoms with E-state index in [-0.39, 0.29) is 16.6 Å². The summed E-state index contributed by atoms with van der Waals surface area (Å²) < 4.78 is 26.5. The van der Waals surface area contributed by atoms with E-state index in [0.717, 1.165) is 30.5 Å². The van der Waals surface area contributed by atoms with Crippen LogP contribution in [0, 0.1) is 12.3 Å². The highest BCUT2D eigenvalue weighted by Crippen LogP contribution is 2.44. The number of anilines is 1. The molecule has 124 valence electrons. The van der Waals surface area contributed by atoms with Crippen molar-refractivity contribution >= 4 is 21.6 Å². The van der Waals surface area contributed by atoms with E-state index in [2.05, 4.69) is 0 Å². The van der Waals surface area contributed by atoms with Gasteiger partial charge in [-0.2, -0.15) is 0 Å². The number of aryl methyl sites for hydroxylation is 1. The van der Waals surface area contributed by atoms with E-state index >= 15 is 0 Å². The third-order valence-electron chi connectivity index (χ3n) is 5.38. The lowest BCUT2D eigenvalue weighted by Crippen LogP contribution is -2.35. The molecule has 1 spiro atoms. The first-order chi connectivity index (χ1) is 10.9. The maximum atomic E-state index is 12.5. The normalized spacial score (nSPS) is 28.9. The molecule has 0 bridgehead atoms. The van der Waals surface area contributed by atoms with Crippen LogP contribution >= 0.6 is 0 Å². The van der Waals surface area contributed by atoms with Crippen LogP contribution in [0.4, 0.5) is 5.69 Å². The van der Waals surface area contributed by atoms with E-state index in [9.17, 15) is 13.2 Å². The maximum Gasteiger partial charge on any atom is 0.227 e. The second-order valence-electron chi connectivity index (χ2n) is 7.32. The molecule has 0 unspecified atom stereocenters. The molecular formula is C17H22N2O3S. The Balaban J connectivity index is 1.53. The first-order valence-corrected chi connectivity index (χ1v) is 9.76. The molecule has 0 aromatic heterocycles. The Hall–Kier alpha value is -1.40. The first-order valence-electron chi connectivity index (χ1n) is 8.26. The van der Waals surface area contributed by atoms with Gasteiger partial charge in [0.15, 0.2) is 0 Å². The van der Waals surface area contributed by atoms with Crippen LogP contribution in [0.15, 0.2) is 24.3 Å². The van der Waals surface area contributed by atoms with Gasteiger partial charge in [0.1, 0.15) is 0 Å². The van der Waals surface area contributed by atoms with Crippen LogP contribution < -0.4 is 4.90 Å². The van der Waals surface area contributed by atoms with Gasteiger partial charge in [-0.05, 0) is 38.3 Å². The number of carbonyl (C=O) groups is 1. The van der Waals surface area contributed by atoms with Crippen molar-refractivity contribution < 1.29 is 13.2 Å². The predicted molar refractivity (Wildman–Crippen MR) is 88.7 cm³/mol. The summed E-state index contributed by atoms with van der Waals surface area (Å²) in [4.78, 5) is 14.3. The summed E-state index contributed by atoms with van der Waals surface area (Å²) in [6.45, 7) is 3.72. The number of hydrogen-bond donors (Lipinski definition) is 0. The van der Waals surface area contributed by atoms with E-state index in [1.807, 2.05) is 36.1 Å². The molecule has 1 aromatic rings. The third kappa shape index (κ3) is 2.58. The summed E-state index contributed by atoms with van der Waals surface area (Å²) in [5, 5.41) is -0.164. The number of sulfonamides is 1. The van der Waals surface area contributed by atoms with Crippen LogP contribution in [0.3, 0.4) is 0 Å². The fourth-order valence-electron chi connectivity index (χ4n) is 3.82. The van der Waals surface area contributed by atoms with E-state index in [0.29, 0.717) is 26.1 Å². The number of hydrogen-bond acceptors (Lipinski definition) is 3. The van der Waals surface area contributed by atoms with Crippen molar-refractivity contribution in [3.63, 3.8) is 0 Å². The molecule has 2 heterocycles. The van der Waals surface area contributed by atoms with Gasteiger partial charge >= 0.3 is 0 Å². The topological polar surface area (TPSA) is 57.7 Å². The lowest BCUT2D eigenvalue weighted by atomic mass is 9.86. The quantitative estimate of drug-likeness (QED) is 0.848. The monoisotopic (exact) mass is 334 g/mol. The second-order valence-corrected chi connectivity index (χ2v) is 9.53. The van der Waals surface area contributed by atoms with Gasteiger partial charge in [0, 0.05) is 37.2 Å². The molecule has 3 fully saturated rings. The summed E-state index contributed by atoms with van der Waals surface area (Å²) in [6.07, 6.45) is 2.82.